The summed E-state index contributed by atoms with van der Waals surface area (Å²) in [6, 6.07) is 0. The fraction of sp³-hybridized carbons (Fsp3) is 0.583. The largest absolute Gasteiger partial charge is 0.501 e. The van der Waals surface area contributed by atoms with Crippen molar-refractivity contribution in [3.63, 3.8) is 0 Å². The lowest BCUT2D eigenvalue weighted by Crippen LogP contribution is -2.47. The Balaban J connectivity index is 2.63. The number of hydrogen-bond donors (Lipinski definition) is 1. The van der Waals surface area contributed by atoms with Gasteiger partial charge >= 0.3 is 18.0 Å². The minimum atomic E-state index is -4.54. The summed E-state index contributed by atoms with van der Waals surface area (Å²) in [5, 5.41) is 0.963. The van der Waals surface area contributed by atoms with Crippen molar-refractivity contribution in [3.05, 3.63) is 43.6 Å². The van der Waals surface area contributed by atoms with Crippen LogP contribution in [0.25, 0.3) is 10.2 Å². The van der Waals surface area contributed by atoms with Crippen molar-refractivity contribution in [2.24, 2.45) is 0 Å². The zero-order valence-corrected chi connectivity index (χ0v) is 23.5. The molecule has 2 heterocycles. The maximum Gasteiger partial charge on any atom is 0.426 e. The maximum absolute atomic E-state index is 13.3. The minimum Gasteiger partial charge on any atom is -0.501 e. The Kier molecular flexibility index (Phi) is 10.8. The molecule has 0 atom stereocenters. The van der Waals surface area contributed by atoms with Crippen molar-refractivity contribution < 1.29 is 37.0 Å². The van der Waals surface area contributed by atoms with E-state index in [1.165, 1.54) is 7.11 Å². The molecule has 218 valence electrons. The van der Waals surface area contributed by atoms with E-state index in [0.717, 1.165) is 37.8 Å². The Labute approximate surface area is 226 Å². The summed E-state index contributed by atoms with van der Waals surface area (Å²) in [6.45, 7) is 7.33. The summed E-state index contributed by atoms with van der Waals surface area (Å²) in [6.07, 6.45) is -4.54. The average molecular weight is 579 g/mol. The molecule has 0 aliphatic heterocycles. The van der Waals surface area contributed by atoms with Crippen molar-refractivity contribution in [1.82, 2.24) is 19.6 Å². The number of carbonyl (C=O) groups is 2. The Morgan fingerprint density at radius 3 is 2.36 bits per heavy atom. The maximum atomic E-state index is 13.3. The molecule has 2 rings (SSSR count). The summed E-state index contributed by atoms with van der Waals surface area (Å²) in [4.78, 5) is 52.0. The van der Waals surface area contributed by atoms with Gasteiger partial charge in [0.2, 0.25) is 0 Å². The molecule has 0 radical (unpaired) electrons. The van der Waals surface area contributed by atoms with Crippen LogP contribution in [-0.4, -0.2) is 58.2 Å². The van der Waals surface area contributed by atoms with Crippen LogP contribution in [0.1, 0.15) is 44.6 Å². The van der Waals surface area contributed by atoms with Gasteiger partial charge in [-0.1, -0.05) is 0 Å². The lowest BCUT2D eigenvalue weighted by atomic mass is 10.2. The lowest BCUT2D eigenvalue weighted by Gasteiger charge is -2.25. The highest BCUT2D eigenvalue weighted by Gasteiger charge is 2.29. The smallest absolute Gasteiger partial charge is 0.426 e. The first kappa shape index (κ1) is 31.9. The number of aromatic nitrogens is 2. The van der Waals surface area contributed by atoms with E-state index in [1.54, 1.807) is 34.6 Å². The third-order valence-corrected chi connectivity index (χ3v) is 6.50. The van der Waals surface area contributed by atoms with Gasteiger partial charge in [0.1, 0.15) is 10.4 Å². The van der Waals surface area contributed by atoms with Gasteiger partial charge in [-0.15, -0.1) is 11.3 Å². The molecule has 1 N–H and O–H groups in total. The topological polar surface area (TPSA) is 121 Å². The molecule has 0 aromatic carbocycles. The van der Waals surface area contributed by atoms with Gasteiger partial charge in [-0.2, -0.15) is 13.2 Å². The molecule has 0 unspecified atom stereocenters. The summed E-state index contributed by atoms with van der Waals surface area (Å²) < 4.78 is 56.1. The van der Waals surface area contributed by atoms with Gasteiger partial charge in [0.25, 0.3) is 11.5 Å². The van der Waals surface area contributed by atoms with E-state index >= 15 is 0 Å². The molecule has 0 aliphatic rings. The summed E-state index contributed by atoms with van der Waals surface area (Å²) in [7, 11) is 1.36. The average Bonchev–Trinajstić information content (AvgIpc) is 3.12. The highest BCUT2D eigenvalue weighted by molar-refractivity contribution is 7.18. The number of halogens is 3. The lowest BCUT2D eigenvalue weighted by molar-refractivity contribution is -0.136. The van der Waals surface area contributed by atoms with E-state index < -0.39 is 48.0 Å². The first-order valence-electron chi connectivity index (χ1n) is 12.0. The summed E-state index contributed by atoms with van der Waals surface area (Å²) >= 11 is 0.886. The molecule has 0 saturated heterocycles. The number of amides is 2. The van der Waals surface area contributed by atoms with Crippen molar-refractivity contribution >= 4 is 33.6 Å². The molecule has 0 bridgehead atoms. The molecular formula is C24H33F3N4O7S. The zero-order chi connectivity index (χ0) is 29.5. The number of hydrogen-bond acceptors (Lipinski definition) is 8. The number of hydrazine groups is 1. The highest BCUT2D eigenvalue weighted by atomic mass is 32.1. The number of rotatable bonds is 10. The van der Waals surface area contributed by atoms with Crippen LogP contribution >= 0.6 is 11.3 Å². The molecule has 15 heteroatoms. The summed E-state index contributed by atoms with van der Waals surface area (Å²) in [5.41, 5.74) is 0.244. The second kappa shape index (κ2) is 13.2. The van der Waals surface area contributed by atoms with Crippen LogP contribution in [0.4, 0.5) is 18.0 Å². The van der Waals surface area contributed by atoms with E-state index in [0.29, 0.717) is 17.0 Å². The third kappa shape index (κ3) is 8.85. The predicted octanol–water partition coefficient (Wildman–Crippen LogP) is 3.45. The molecule has 2 aromatic rings. The molecule has 0 saturated carbocycles. The first-order chi connectivity index (χ1) is 18.1. The molecule has 0 fully saturated rings. The monoisotopic (exact) mass is 578 g/mol. The van der Waals surface area contributed by atoms with Gasteiger partial charge in [0.15, 0.2) is 0 Å². The number of nitrogens with one attached hydrogen (secondary N) is 1. The highest BCUT2D eigenvalue weighted by Crippen LogP contribution is 2.30. The van der Waals surface area contributed by atoms with E-state index in [-0.39, 0.29) is 29.9 Å². The molecule has 39 heavy (non-hydrogen) atoms. The van der Waals surface area contributed by atoms with Gasteiger partial charge in [-0.25, -0.2) is 20.0 Å². The Bertz CT molecular complexity index is 1320. The quantitative estimate of drug-likeness (QED) is 0.260. The van der Waals surface area contributed by atoms with Crippen LogP contribution in [-0.2, 0) is 38.6 Å². The van der Waals surface area contributed by atoms with Crippen molar-refractivity contribution in [2.45, 2.75) is 72.5 Å². The fourth-order valence-electron chi connectivity index (χ4n) is 3.43. The zero-order valence-electron chi connectivity index (χ0n) is 22.6. The van der Waals surface area contributed by atoms with Crippen molar-refractivity contribution in [2.75, 3.05) is 20.3 Å². The van der Waals surface area contributed by atoms with Crippen LogP contribution in [0, 0.1) is 6.92 Å². The second-order valence-corrected chi connectivity index (χ2v) is 10.5. The second-order valence-electron chi connectivity index (χ2n) is 9.38. The predicted molar refractivity (Wildman–Crippen MR) is 138 cm³/mol. The molecule has 0 spiro atoms. The standard InChI is InChI=1S/C24H33F3N4O7S/c1-7-37-12-8-17(32)31(28-21(34)38-23(3,4)5)14-16-15(2)18-19(33)29(11-13-36-6)22(35)30(20(18)39-16)10-9-24(25,26)27/h8,12H,7,9-11,13-14H2,1-6H3,(H,28,34). The number of methoxy groups -OCH3 is 1. The number of nitrogens with zero attached hydrogens (tertiary/aromatic N) is 3. The molecule has 11 nitrogen and oxygen atoms in total. The number of ether oxygens (including phenoxy) is 3. The SMILES string of the molecule is CCOC=CC(=O)N(Cc1sc2c(c1C)c(=O)n(CCOC)c(=O)n2CCC(F)(F)F)NC(=O)OC(C)(C)C. The summed E-state index contributed by atoms with van der Waals surface area (Å²) in [5.74, 6) is -0.696. The number of fused-ring (bicyclic) bond motifs is 1. The number of alkyl halides is 3. The van der Waals surface area contributed by atoms with Gasteiger partial charge in [-0.05, 0) is 40.2 Å². The fourth-order valence-corrected chi connectivity index (χ4v) is 4.73. The Hall–Kier alpha value is -3.33. The number of carbonyl (C=O) groups excluding carboxylic acids is 2. The van der Waals surface area contributed by atoms with E-state index in [1.807, 2.05) is 0 Å². The Morgan fingerprint density at radius 1 is 1.13 bits per heavy atom. The van der Waals surface area contributed by atoms with E-state index in [2.05, 4.69) is 5.43 Å². The van der Waals surface area contributed by atoms with Gasteiger partial charge < -0.3 is 14.2 Å². The normalized spacial score (nSPS) is 12.2. The minimum absolute atomic E-state index is 0.00970. The first-order valence-corrected chi connectivity index (χ1v) is 12.8. The molecule has 2 amide bonds. The Morgan fingerprint density at radius 2 is 1.79 bits per heavy atom. The molecule has 2 aromatic heterocycles. The number of aryl methyl sites for hydroxylation is 2. The van der Waals surface area contributed by atoms with Crippen LogP contribution in [0.2, 0.25) is 0 Å². The number of thiophene rings is 1. The van der Waals surface area contributed by atoms with Crippen LogP contribution < -0.4 is 16.7 Å². The van der Waals surface area contributed by atoms with Gasteiger partial charge in [0, 0.05) is 24.6 Å². The van der Waals surface area contributed by atoms with Gasteiger partial charge in [0.05, 0.1) is 44.4 Å². The van der Waals surface area contributed by atoms with Crippen LogP contribution in [0.5, 0.6) is 0 Å². The van der Waals surface area contributed by atoms with E-state index in [9.17, 15) is 32.3 Å². The van der Waals surface area contributed by atoms with Crippen molar-refractivity contribution in [3.8, 4) is 0 Å². The molecule has 0 aliphatic carbocycles. The van der Waals surface area contributed by atoms with Gasteiger partial charge in [-0.3, -0.25) is 18.7 Å². The van der Waals surface area contributed by atoms with Crippen molar-refractivity contribution in [1.29, 1.82) is 0 Å². The van der Waals surface area contributed by atoms with Crippen LogP contribution in [0.15, 0.2) is 21.9 Å². The third-order valence-electron chi connectivity index (χ3n) is 5.20. The van der Waals surface area contributed by atoms with Crippen LogP contribution in [0.3, 0.4) is 0 Å². The van der Waals surface area contributed by atoms with E-state index in [4.69, 9.17) is 14.2 Å². The molecular weight excluding hydrogens is 545 g/mol.